The summed E-state index contributed by atoms with van der Waals surface area (Å²) in [5.74, 6) is 0.812. The molecule has 0 aliphatic heterocycles. The fourth-order valence-corrected chi connectivity index (χ4v) is 3.53. The highest BCUT2D eigenvalue weighted by atomic mass is 31.2. The highest BCUT2D eigenvalue weighted by molar-refractivity contribution is 7.47. The molecule has 10 nitrogen and oxygen atoms in total. The summed E-state index contributed by atoms with van der Waals surface area (Å²) in [6.45, 7) is 9.10. The molecule has 1 rings (SSSR count). The summed E-state index contributed by atoms with van der Waals surface area (Å²) in [6, 6.07) is 0. The Morgan fingerprint density at radius 1 is 0.800 bits per heavy atom. The molecule has 1 heterocycles. The van der Waals surface area contributed by atoms with E-state index in [1.165, 1.54) is 0 Å². The van der Waals surface area contributed by atoms with E-state index >= 15 is 0 Å². The molecule has 0 aromatic carbocycles. The van der Waals surface area contributed by atoms with Crippen LogP contribution in [0.5, 0.6) is 0 Å². The highest BCUT2D eigenvalue weighted by Crippen LogP contribution is 2.44. The van der Waals surface area contributed by atoms with Crippen LogP contribution >= 0.6 is 7.82 Å². The first-order valence-electron chi connectivity index (χ1n) is 10.8. The maximum Gasteiger partial charge on any atom is 0.472 e. The Balaban J connectivity index is 0.000000769. The number of phosphoric acid groups is 1. The predicted octanol–water partition coefficient (Wildman–Crippen LogP) is 4.17. The van der Waals surface area contributed by atoms with E-state index in [4.69, 9.17) is 26.2 Å². The first-order chi connectivity index (χ1) is 14.2. The predicted molar refractivity (Wildman–Crippen MR) is 121 cm³/mol. The third kappa shape index (κ3) is 14.5. The van der Waals surface area contributed by atoms with Crippen molar-refractivity contribution in [2.45, 2.75) is 79.1 Å². The van der Waals surface area contributed by atoms with Crippen LogP contribution in [0.2, 0.25) is 0 Å². The van der Waals surface area contributed by atoms with Crippen molar-refractivity contribution >= 4 is 25.7 Å². The third-order valence-corrected chi connectivity index (χ3v) is 5.67. The Morgan fingerprint density at radius 2 is 1.13 bits per heavy atom. The zero-order valence-electron chi connectivity index (χ0n) is 18.9. The number of nitrogens with two attached hydrogens (primary N) is 3. The molecule has 7 N–H and O–H groups in total. The number of rotatable bonds is 14. The van der Waals surface area contributed by atoms with Crippen LogP contribution < -0.4 is 17.2 Å². The number of phosphoric ester groups is 1. The van der Waals surface area contributed by atoms with Gasteiger partial charge < -0.3 is 22.1 Å². The molecule has 2 atom stereocenters. The molecule has 0 amide bonds. The van der Waals surface area contributed by atoms with Crippen molar-refractivity contribution in [3.63, 3.8) is 0 Å². The topological polar surface area (TPSA) is 172 Å². The highest BCUT2D eigenvalue weighted by Gasteiger charge is 2.24. The molecule has 0 saturated heterocycles. The lowest BCUT2D eigenvalue weighted by molar-refractivity contribution is 0.110. The smallest absolute Gasteiger partial charge is 0.368 e. The van der Waals surface area contributed by atoms with Crippen LogP contribution in [0.3, 0.4) is 0 Å². The van der Waals surface area contributed by atoms with Gasteiger partial charge in [0.2, 0.25) is 17.8 Å². The summed E-state index contributed by atoms with van der Waals surface area (Å²) in [7, 11) is -3.89. The monoisotopic (exact) mass is 448 g/mol. The van der Waals surface area contributed by atoms with Crippen molar-refractivity contribution in [3.8, 4) is 0 Å². The average molecular weight is 449 g/mol. The summed E-state index contributed by atoms with van der Waals surface area (Å²) in [6.07, 6.45) is 8.56. The Morgan fingerprint density at radius 3 is 1.40 bits per heavy atom. The van der Waals surface area contributed by atoms with Crippen LogP contribution in [-0.4, -0.2) is 33.1 Å². The number of hydrogen-bond acceptors (Lipinski definition) is 9. The Kier molecular flexibility index (Phi) is 15.4. The van der Waals surface area contributed by atoms with Gasteiger partial charge in [0, 0.05) is 0 Å². The van der Waals surface area contributed by atoms with Gasteiger partial charge in [0.05, 0.1) is 13.2 Å². The molecule has 0 aliphatic rings. The Hall–Kier alpha value is -1.48. The van der Waals surface area contributed by atoms with Gasteiger partial charge in [-0.25, -0.2) is 4.57 Å². The van der Waals surface area contributed by atoms with Crippen molar-refractivity contribution in [2.75, 3.05) is 30.4 Å². The number of nitrogens with zero attached hydrogens (tertiary/aromatic N) is 3. The number of anilines is 3. The van der Waals surface area contributed by atoms with E-state index in [2.05, 4.69) is 42.6 Å². The first kappa shape index (κ1) is 28.5. The number of hydrogen-bond donors (Lipinski definition) is 4. The van der Waals surface area contributed by atoms with E-state index in [1.807, 2.05) is 0 Å². The van der Waals surface area contributed by atoms with Gasteiger partial charge in [-0.2, -0.15) is 15.0 Å². The largest absolute Gasteiger partial charge is 0.472 e. The van der Waals surface area contributed by atoms with Gasteiger partial charge in [0.1, 0.15) is 0 Å². The van der Waals surface area contributed by atoms with E-state index in [9.17, 15) is 9.46 Å². The number of nitrogen functional groups attached to an aromatic ring is 3. The second-order valence-electron chi connectivity index (χ2n) is 7.30. The minimum Gasteiger partial charge on any atom is -0.368 e. The quantitative estimate of drug-likeness (QED) is 0.302. The third-order valence-electron chi connectivity index (χ3n) is 4.72. The minimum absolute atomic E-state index is 0.0417. The lowest BCUT2D eigenvalue weighted by Crippen LogP contribution is -2.12. The molecule has 0 aliphatic carbocycles. The molecule has 0 spiro atoms. The fourth-order valence-electron chi connectivity index (χ4n) is 2.66. The number of aromatic nitrogens is 3. The molecule has 0 radical (unpaired) electrons. The Bertz CT molecular complexity index is 548. The molecule has 176 valence electrons. The second kappa shape index (κ2) is 16.2. The van der Waals surface area contributed by atoms with Crippen molar-refractivity contribution in [1.82, 2.24) is 15.0 Å². The summed E-state index contributed by atoms with van der Waals surface area (Å²) in [4.78, 5) is 20.2. The van der Waals surface area contributed by atoms with Crippen molar-refractivity contribution in [1.29, 1.82) is 0 Å². The van der Waals surface area contributed by atoms with Gasteiger partial charge in [-0.05, 0) is 24.7 Å². The van der Waals surface area contributed by atoms with Crippen LogP contribution in [0.15, 0.2) is 0 Å². The van der Waals surface area contributed by atoms with Crippen LogP contribution in [0, 0.1) is 11.8 Å². The van der Waals surface area contributed by atoms with Crippen LogP contribution in [-0.2, 0) is 13.6 Å². The first-order valence-corrected chi connectivity index (χ1v) is 12.3. The molecule has 1 aromatic heterocycles. The van der Waals surface area contributed by atoms with E-state index in [0.717, 1.165) is 51.4 Å². The van der Waals surface area contributed by atoms with Gasteiger partial charge in [-0.1, -0.05) is 66.2 Å². The van der Waals surface area contributed by atoms with E-state index in [1.54, 1.807) is 0 Å². The van der Waals surface area contributed by atoms with E-state index < -0.39 is 7.82 Å². The maximum atomic E-state index is 11.9. The summed E-state index contributed by atoms with van der Waals surface area (Å²) >= 11 is 0. The summed E-state index contributed by atoms with van der Waals surface area (Å²) in [5, 5.41) is 0. The normalized spacial score (nSPS) is 15.0. The lowest BCUT2D eigenvalue weighted by atomic mass is 10.0. The zero-order chi connectivity index (χ0) is 23.0. The molecule has 1 aromatic rings. The van der Waals surface area contributed by atoms with Gasteiger partial charge in [0.15, 0.2) is 0 Å². The van der Waals surface area contributed by atoms with Crippen molar-refractivity contribution in [2.24, 2.45) is 11.8 Å². The lowest BCUT2D eigenvalue weighted by Gasteiger charge is -2.20. The van der Waals surface area contributed by atoms with Gasteiger partial charge in [0.25, 0.3) is 0 Å². The number of unbranched alkanes of at least 4 members (excludes halogenated alkanes) is 2. The molecule has 0 saturated carbocycles. The van der Waals surface area contributed by atoms with Crippen LogP contribution in [0.4, 0.5) is 17.8 Å². The minimum atomic E-state index is -3.89. The molecule has 2 unspecified atom stereocenters. The van der Waals surface area contributed by atoms with Crippen molar-refractivity contribution in [3.05, 3.63) is 0 Å². The van der Waals surface area contributed by atoms with Crippen LogP contribution in [0.25, 0.3) is 0 Å². The molecular formula is C19H41N6O4P. The van der Waals surface area contributed by atoms with Gasteiger partial charge >= 0.3 is 7.82 Å². The Labute approximate surface area is 181 Å². The zero-order valence-corrected chi connectivity index (χ0v) is 19.8. The average Bonchev–Trinajstić information content (AvgIpc) is 2.67. The molecule has 11 heteroatoms. The fraction of sp³-hybridized carbons (Fsp3) is 0.842. The van der Waals surface area contributed by atoms with E-state index in [0.29, 0.717) is 25.0 Å². The van der Waals surface area contributed by atoms with Gasteiger partial charge in [-0.3, -0.25) is 9.05 Å². The van der Waals surface area contributed by atoms with Crippen LogP contribution in [0.1, 0.15) is 79.1 Å². The molecule has 0 fully saturated rings. The molecule has 0 bridgehead atoms. The standard InChI is InChI=1S/C16H35O4P.C3H6N6/c1-5-9-11-15(7-3)13-19-21(17,18)20-14-16(8-4)12-10-6-2;4-1-7-2(5)9-3(6)8-1/h15-16H,5-14H2,1-4H3,(H,17,18);(H6,4,5,6,7,8,9). The van der Waals surface area contributed by atoms with E-state index in [-0.39, 0.29) is 17.8 Å². The molecular weight excluding hydrogens is 407 g/mol. The maximum absolute atomic E-state index is 11.9. The second-order valence-corrected chi connectivity index (χ2v) is 8.76. The van der Waals surface area contributed by atoms with Crippen molar-refractivity contribution < 1.29 is 18.5 Å². The molecule has 30 heavy (non-hydrogen) atoms. The summed E-state index contributed by atoms with van der Waals surface area (Å²) < 4.78 is 22.2. The SMILES string of the molecule is CCCCC(CC)COP(=O)(O)OCC(CC)CCCC.Nc1nc(N)nc(N)n1. The summed E-state index contributed by atoms with van der Waals surface area (Å²) in [5.41, 5.74) is 15.4. The van der Waals surface area contributed by atoms with Gasteiger partial charge in [-0.15, -0.1) is 0 Å².